The Labute approximate surface area is 122 Å². The van der Waals surface area contributed by atoms with Crippen molar-refractivity contribution >= 4 is 20.0 Å². The van der Waals surface area contributed by atoms with Crippen molar-refractivity contribution in [2.75, 3.05) is 0 Å². The van der Waals surface area contributed by atoms with Crippen LogP contribution in [0.25, 0.3) is 0 Å². The van der Waals surface area contributed by atoms with Crippen LogP contribution in [0.2, 0.25) is 19.6 Å². The van der Waals surface area contributed by atoms with Gasteiger partial charge in [0, 0.05) is 26.7 Å². The topological polar surface area (TPSA) is 52.6 Å². The van der Waals surface area contributed by atoms with Crippen LogP contribution >= 0.6 is 0 Å². The van der Waals surface area contributed by atoms with Gasteiger partial charge in [-0.15, -0.1) is 11.5 Å². The van der Waals surface area contributed by atoms with Crippen molar-refractivity contribution in [2.45, 2.75) is 58.5 Å². The Kier molecular flexibility index (Phi) is 7.93. The van der Waals surface area contributed by atoms with E-state index in [0.717, 1.165) is 0 Å². The molecule has 20 heavy (non-hydrogen) atoms. The highest BCUT2D eigenvalue weighted by Gasteiger charge is 2.18. The molecule has 0 amide bonds. The Balaban J connectivity index is 4.69. The largest absolute Gasteiger partial charge is 0.461 e. The first-order valence-corrected chi connectivity index (χ1v) is 10.1. The van der Waals surface area contributed by atoms with Crippen LogP contribution in [0.5, 0.6) is 0 Å². The van der Waals surface area contributed by atoms with Gasteiger partial charge in [-0.3, -0.25) is 9.59 Å². The van der Waals surface area contributed by atoms with Gasteiger partial charge in [0.15, 0.2) is 0 Å². The first kappa shape index (κ1) is 18.5. The van der Waals surface area contributed by atoms with Crippen LogP contribution in [0, 0.1) is 11.5 Å². The molecule has 0 radical (unpaired) electrons. The van der Waals surface area contributed by atoms with Crippen LogP contribution in [0.4, 0.5) is 0 Å². The molecule has 5 heteroatoms. The number of esters is 2. The fourth-order valence-electron chi connectivity index (χ4n) is 1.50. The second kappa shape index (κ2) is 8.59. The normalized spacial score (nSPS) is 13.4. The van der Waals surface area contributed by atoms with E-state index in [0.29, 0.717) is 12.8 Å². The number of hydrogen-bond donors (Lipinski definition) is 0. The molecule has 0 aliphatic carbocycles. The van der Waals surface area contributed by atoms with E-state index in [9.17, 15) is 9.59 Å². The van der Waals surface area contributed by atoms with Crippen LogP contribution in [0.1, 0.15) is 26.7 Å². The molecule has 0 saturated carbocycles. The van der Waals surface area contributed by atoms with Gasteiger partial charge < -0.3 is 9.47 Å². The van der Waals surface area contributed by atoms with Gasteiger partial charge >= 0.3 is 11.9 Å². The zero-order chi connectivity index (χ0) is 15.8. The first-order valence-electron chi connectivity index (χ1n) is 6.61. The predicted molar refractivity (Wildman–Crippen MR) is 81.7 cm³/mol. The summed E-state index contributed by atoms with van der Waals surface area (Å²) in [5, 5.41) is 0. The smallest absolute Gasteiger partial charge is 0.303 e. The van der Waals surface area contributed by atoms with Gasteiger partial charge in [-0.2, -0.15) is 0 Å². The lowest BCUT2D eigenvalue weighted by Crippen LogP contribution is -2.25. The van der Waals surface area contributed by atoms with Crippen LogP contribution in [0.3, 0.4) is 0 Å². The first-order chi connectivity index (χ1) is 9.14. The summed E-state index contributed by atoms with van der Waals surface area (Å²) in [5.74, 6) is 2.32. The standard InChI is InChI=1S/C15H24O4Si/c1-7-14(18-12(2)16)11-15(19-13(3)17)9-8-10-20(4,5)6/h7,14-15H,1,9,11H2,2-6H3/t14-,15-/m1/s1. The van der Waals surface area contributed by atoms with E-state index in [-0.39, 0.29) is 11.9 Å². The van der Waals surface area contributed by atoms with Gasteiger partial charge in [0.2, 0.25) is 0 Å². The molecule has 0 N–H and O–H groups in total. The SMILES string of the molecule is C=C[C@H](C[C@@H](CC#C[Si](C)(C)C)OC(C)=O)OC(C)=O. The van der Waals surface area contributed by atoms with E-state index in [1.807, 2.05) is 0 Å². The number of carbonyl (C=O) groups is 2. The molecule has 0 fully saturated rings. The van der Waals surface area contributed by atoms with Crippen LogP contribution in [0.15, 0.2) is 12.7 Å². The van der Waals surface area contributed by atoms with Crippen molar-refractivity contribution in [1.82, 2.24) is 0 Å². The summed E-state index contributed by atoms with van der Waals surface area (Å²) >= 11 is 0. The lowest BCUT2D eigenvalue weighted by Gasteiger charge is -2.19. The molecule has 0 unspecified atom stereocenters. The molecule has 0 saturated heterocycles. The summed E-state index contributed by atoms with van der Waals surface area (Å²) in [6.07, 6.45) is 1.49. The zero-order valence-electron chi connectivity index (χ0n) is 13.0. The summed E-state index contributed by atoms with van der Waals surface area (Å²) in [6, 6.07) is 0. The van der Waals surface area contributed by atoms with Gasteiger partial charge in [0.05, 0.1) is 0 Å². The maximum atomic E-state index is 11.1. The fourth-order valence-corrected chi connectivity index (χ4v) is 2.13. The number of ether oxygens (including phenoxy) is 2. The number of hydrogen-bond acceptors (Lipinski definition) is 4. The summed E-state index contributed by atoms with van der Waals surface area (Å²) < 4.78 is 10.3. The molecule has 0 spiro atoms. The number of carbonyl (C=O) groups excluding carboxylic acids is 2. The van der Waals surface area contributed by atoms with E-state index in [1.165, 1.54) is 19.9 Å². The average Bonchev–Trinajstić information content (AvgIpc) is 2.24. The van der Waals surface area contributed by atoms with Gasteiger partial charge in [0.25, 0.3) is 0 Å². The second-order valence-electron chi connectivity index (χ2n) is 5.61. The average molecular weight is 296 g/mol. The highest BCUT2D eigenvalue weighted by Crippen LogP contribution is 2.12. The molecule has 0 aromatic heterocycles. The predicted octanol–water partition coefficient (Wildman–Crippen LogP) is 2.70. The maximum absolute atomic E-state index is 11.1. The van der Waals surface area contributed by atoms with Gasteiger partial charge in [-0.05, 0) is 0 Å². The summed E-state index contributed by atoms with van der Waals surface area (Å²) in [6.45, 7) is 12.7. The summed E-state index contributed by atoms with van der Waals surface area (Å²) in [5.41, 5.74) is 3.22. The minimum atomic E-state index is -1.45. The Bertz CT molecular complexity index is 412. The van der Waals surface area contributed by atoms with Gasteiger partial charge in [0.1, 0.15) is 20.3 Å². The lowest BCUT2D eigenvalue weighted by atomic mass is 10.1. The van der Waals surface area contributed by atoms with Crippen LogP contribution in [-0.4, -0.2) is 32.2 Å². The minimum Gasteiger partial charge on any atom is -0.461 e. The molecular weight excluding hydrogens is 272 g/mol. The molecule has 0 rings (SSSR count). The third-order valence-corrected chi connectivity index (χ3v) is 3.13. The van der Waals surface area contributed by atoms with Crippen molar-refractivity contribution in [3.8, 4) is 11.5 Å². The minimum absolute atomic E-state index is 0.365. The van der Waals surface area contributed by atoms with Crippen molar-refractivity contribution in [3.05, 3.63) is 12.7 Å². The monoisotopic (exact) mass is 296 g/mol. The number of rotatable bonds is 6. The van der Waals surface area contributed by atoms with Gasteiger partial charge in [-0.25, -0.2) is 0 Å². The molecule has 0 aromatic carbocycles. The molecule has 0 heterocycles. The Morgan fingerprint density at radius 1 is 1.20 bits per heavy atom. The van der Waals surface area contributed by atoms with E-state index < -0.39 is 20.3 Å². The van der Waals surface area contributed by atoms with E-state index in [4.69, 9.17) is 9.47 Å². The van der Waals surface area contributed by atoms with Crippen molar-refractivity contribution in [1.29, 1.82) is 0 Å². The summed E-state index contributed by atoms with van der Waals surface area (Å²) in [7, 11) is -1.45. The third-order valence-electron chi connectivity index (χ3n) is 2.20. The Hall–Kier alpha value is -1.54. The van der Waals surface area contributed by atoms with E-state index >= 15 is 0 Å². The molecule has 4 nitrogen and oxygen atoms in total. The molecule has 0 aliphatic rings. The molecule has 0 aromatic rings. The fraction of sp³-hybridized carbons (Fsp3) is 0.600. The maximum Gasteiger partial charge on any atom is 0.303 e. The molecule has 2 atom stereocenters. The highest BCUT2D eigenvalue weighted by molar-refractivity contribution is 6.83. The van der Waals surface area contributed by atoms with E-state index in [1.54, 1.807) is 0 Å². The van der Waals surface area contributed by atoms with E-state index in [2.05, 4.69) is 37.7 Å². The van der Waals surface area contributed by atoms with Crippen molar-refractivity contribution in [2.24, 2.45) is 0 Å². The van der Waals surface area contributed by atoms with Crippen molar-refractivity contribution < 1.29 is 19.1 Å². The van der Waals surface area contributed by atoms with Crippen LogP contribution in [-0.2, 0) is 19.1 Å². The molecule has 112 valence electrons. The van der Waals surface area contributed by atoms with Crippen LogP contribution < -0.4 is 0 Å². The Morgan fingerprint density at radius 2 is 1.75 bits per heavy atom. The van der Waals surface area contributed by atoms with Gasteiger partial charge in [-0.1, -0.05) is 32.3 Å². The lowest BCUT2D eigenvalue weighted by molar-refractivity contribution is -0.150. The highest BCUT2D eigenvalue weighted by atomic mass is 28.3. The zero-order valence-corrected chi connectivity index (χ0v) is 14.0. The Morgan fingerprint density at radius 3 is 2.15 bits per heavy atom. The summed E-state index contributed by atoms with van der Waals surface area (Å²) in [4.78, 5) is 22.1. The third kappa shape index (κ3) is 10.4. The molecular formula is C15H24O4Si. The quantitative estimate of drug-likeness (QED) is 0.327. The van der Waals surface area contributed by atoms with Crippen molar-refractivity contribution in [3.63, 3.8) is 0 Å². The molecule has 0 aliphatic heterocycles. The second-order valence-corrected chi connectivity index (χ2v) is 10.4. The molecule has 0 bridgehead atoms.